The first-order valence-corrected chi connectivity index (χ1v) is 6.33. The van der Waals surface area contributed by atoms with Gasteiger partial charge in [0.05, 0.1) is 12.0 Å². The first-order valence-electron chi connectivity index (χ1n) is 6.33. The van der Waals surface area contributed by atoms with E-state index in [9.17, 15) is 10.1 Å². The number of nitro groups is 1. The van der Waals surface area contributed by atoms with Crippen LogP contribution in [0.25, 0.3) is 0 Å². The number of nitrogens with zero attached hydrogens (tertiary/aromatic N) is 1. The van der Waals surface area contributed by atoms with Gasteiger partial charge in [-0.1, -0.05) is 6.07 Å². The van der Waals surface area contributed by atoms with Gasteiger partial charge in [0.2, 0.25) is 0 Å². The van der Waals surface area contributed by atoms with Gasteiger partial charge < -0.3 is 14.8 Å². The van der Waals surface area contributed by atoms with E-state index in [1.165, 1.54) is 7.11 Å². The quantitative estimate of drug-likeness (QED) is 0.650. The molecule has 104 valence electrons. The van der Waals surface area contributed by atoms with Crippen LogP contribution in [-0.4, -0.2) is 31.3 Å². The maximum Gasteiger partial charge on any atom is 0.311 e. The molecule has 1 fully saturated rings. The molecule has 0 aromatic heterocycles. The van der Waals surface area contributed by atoms with E-state index in [1.807, 2.05) is 6.07 Å². The molecule has 6 nitrogen and oxygen atoms in total. The van der Waals surface area contributed by atoms with Crippen LogP contribution in [0.2, 0.25) is 0 Å². The zero-order valence-electron chi connectivity index (χ0n) is 10.9. The monoisotopic (exact) mass is 266 g/mol. The second kappa shape index (κ2) is 6.49. The van der Waals surface area contributed by atoms with E-state index in [1.54, 1.807) is 12.1 Å². The van der Waals surface area contributed by atoms with Crippen molar-refractivity contribution in [1.29, 1.82) is 0 Å². The molecule has 1 aromatic rings. The number of hydrogen-bond donors (Lipinski definition) is 1. The first-order chi connectivity index (χ1) is 9.20. The molecule has 1 aliphatic rings. The number of methoxy groups -OCH3 is 1. The van der Waals surface area contributed by atoms with E-state index in [-0.39, 0.29) is 5.69 Å². The van der Waals surface area contributed by atoms with Crippen molar-refractivity contribution in [3.8, 4) is 5.75 Å². The second-order valence-electron chi connectivity index (χ2n) is 4.53. The molecular weight excluding hydrogens is 248 g/mol. The number of rotatable bonds is 5. The second-order valence-corrected chi connectivity index (χ2v) is 4.53. The topological polar surface area (TPSA) is 73.6 Å². The average molecular weight is 266 g/mol. The van der Waals surface area contributed by atoms with Crippen LogP contribution >= 0.6 is 0 Å². The molecule has 6 heteroatoms. The molecule has 1 saturated heterocycles. The van der Waals surface area contributed by atoms with Crippen molar-refractivity contribution >= 4 is 5.69 Å². The highest BCUT2D eigenvalue weighted by Gasteiger charge is 2.16. The molecule has 0 atom stereocenters. The zero-order chi connectivity index (χ0) is 13.7. The smallest absolute Gasteiger partial charge is 0.311 e. The van der Waals surface area contributed by atoms with Gasteiger partial charge in [-0.2, -0.15) is 0 Å². The third-order valence-electron chi connectivity index (χ3n) is 3.26. The minimum Gasteiger partial charge on any atom is -0.490 e. The summed E-state index contributed by atoms with van der Waals surface area (Å²) >= 11 is 0. The Bertz CT molecular complexity index is 444. The minimum atomic E-state index is -0.420. The summed E-state index contributed by atoms with van der Waals surface area (Å²) in [4.78, 5) is 10.5. The summed E-state index contributed by atoms with van der Waals surface area (Å²) in [5.74, 6) is 0.291. The number of ether oxygens (including phenoxy) is 2. The lowest BCUT2D eigenvalue weighted by Crippen LogP contribution is -2.34. The Kier molecular flexibility index (Phi) is 4.70. The van der Waals surface area contributed by atoms with Crippen LogP contribution in [-0.2, 0) is 11.3 Å². The Morgan fingerprint density at radius 1 is 1.47 bits per heavy atom. The molecule has 1 N–H and O–H groups in total. The summed E-state index contributed by atoms with van der Waals surface area (Å²) in [6.07, 6.45) is 1.97. The van der Waals surface area contributed by atoms with E-state index in [2.05, 4.69) is 5.32 Å². The summed E-state index contributed by atoms with van der Waals surface area (Å²) in [6, 6.07) is 5.47. The number of nitrogens with one attached hydrogen (secondary N) is 1. The molecular formula is C13H18N2O4. The fourth-order valence-corrected chi connectivity index (χ4v) is 2.15. The highest BCUT2D eigenvalue weighted by molar-refractivity contribution is 5.48. The highest BCUT2D eigenvalue weighted by Crippen LogP contribution is 2.27. The van der Waals surface area contributed by atoms with Crippen LogP contribution in [0.1, 0.15) is 18.4 Å². The van der Waals surface area contributed by atoms with Crippen molar-refractivity contribution in [3.05, 3.63) is 33.9 Å². The van der Waals surface area contributed by atoms with Crippen molar-refractivity contribution in [3.63, 3.8) is 0 Å². The summed E-state index contributed by atoms with van der Waals surface area (Å²) in [5, 5.41) is 14.3. The molecule has 0 unspecified atom stereocenters. The first kappa shape index (κ1) is 13.8. The average Bonchev–Trinajstić information content (AvgIpc) is 2.46. The lowest BCUT2D eigenvalue weighted by molar-refractivity contribution is -0.385. The zero-order valence-corrected chi connectivity index (χ0v) is 10.9. The summed E-state index contributed by atoms with van der Waals surface area (Å²) in [7, 11) is 1.43. The van der Waals surface area contributed by atoms with Crippen molar-refractivity contribution in [2.24, 2.45) is 0 Å². The molecule has 0 radical (unpaired) electrons. The van der Waals surface area contributed by atoms with Crippen LogP contribution < -0.4 is 10.1 Å². The Morgan fingerprint density at radius 2 is 2.21 bits per heavy atom. The SMILES string of the molecule is COc1ccc(CNC2CCOCC2)cc1[N+](=O)[O-]. The van der Waals surface area contributed by atoms with Gasteiger partial charge in [0.15, 0.2) is 5.75 Å². The van der Waals surface area contributed by atoms with Crippen molar-refractivity contribution < 1.29 is 14.4 Å². The van der Waals surface area contributed by atoms with Crippen LogP contribution in [0.4, 0.5) is 5.69 Å². The molecule has 1 aliphatic heterocycles. The van der Waals surface area contributed by atoms with Crippen molar-refractivity contribution in [1.82, 2.24) is 5.32 Å². The molecule has 19 heavy (non-hydrogen) atoms. The third-order valence-corrected chi connectivity index (χ3v) is 3.26. The van der Waals surface area contributed by atoms with E-state index in [0.717, 1.165) is 31.6 Å². The Morgan fingerprint density at radius 3 is 2.84 bits per heavy atom. The predicted octanol–water partition coefficient (Wildman–Crippen LogP) is 1.87. The van der Waals surface area contributed by atoms with Crippen LogP contribution in [0.3, 0.4) is 0 Å². The molecule has 0 spiro atoms. The summed E-state index contributed by atoms with van der Waals surface area (Å²) < 4.78 is 10.3. The molecule has 0 saturated carbocycles. The van der Waals surface area contributed by atoms with Gasteiger partial charge >= 0.3 is 5.69 Å². The maximum atomic E-state index is 10.9. The Labute approximate surface area is 111 Å². The summed E-state index contributed by atoms with van der Waals surface area (Å²) in [5.41, 5.74) is 0.896. The predicted molar refractivity (Wildman–Crippen MR) is 70.3 cm³/mol. The van der Waals surface area contributed by atoms with Gasteiger partial charge in [-0.25, -0.2) is 0 Å². The van der Waals surface area contributed by atoms with E-state index in [4.69, 9.17) is 9.47 Å². The van der Waals surface area contributed by atoms with Gasteiger partial charge in [0, 0.05) is 31.9 Å². The van der Waals surface area contributed by atoms with Gasteiger partial charge in [-0.05, 0) is 24.5 Å². The lowest BCUT2D eigenvalue weighted by Gasteiger charge is -2.23. The Hall–Kier alpha value is -1.66. The van der Waals surface area contributed by atoms with Gasteiger partial charge in [-0.3, -0.25) is 10.1 Å². The standard InChI is InChI=1S/C13H18N2O4/c1-18-13-3-2-10(8-12(13)15(16)17)9-14-11-4-6-19-7-5-11/h2-3,8,11,14H,4-7,9H2,1H3. The van der Waals surface area contributed by atoms with E-state index >= 15 is 0 Å². The lowest BCUT2D eigenvalue weighted by atomic mass is 10.1. The van der Waals surface area contributed by atoms with Gasteiger partial charge in [0.25, 0.3) is 0 Å². The van der Waals surface area contributed by atoms with Crippen LogP contribution in [0.15, 0.2) is 18.2 Å². The molecule has 2 rings (SSSR count). The third kappa shape index (κ3) is 3.65. The fourth-order valence-electron chi connectivity index (χ4n) is 2.15. The van der Waals surface area contributed by atoms with Crippen LogP contribution in [0.5, 0.6) is 5.75 Å². The molecule has 0 bridgehead atoms. The maximum absolute atomic E-state index is 10.9. The minimum absolute atomic E-state index is 0.00813. The summed E-state index contributed by atoms with van der Waals surface area (Å²) in [6.45, 7) is 2.18. The van der Waals surface area contributed by atoms with Gasteiger partial charge in [-0.15, -0.1) is 0 Å². The highest BCUT2D eigenvalue weighted by atomic mass is 16.6. The number of benzene rings is 1. The van der Waals surface area contributed by atoms with E-state index in [0.29, 0.717) is 18.3 Å². The molecule has 0 aliphatic carbocycles. The van der Waals surface area contributed by atoms with Crippen molar-refractivity contribution in [2.75, 3.05) is 20.3 Å². The molecule has 1 heterocycles. The largest absolute Gasteiger partial charge is 0.490 e. The normalized spacial score (nSPS) is 16.3. The fraction of sp³-hybridized carbons (Fsp3) is 0.538. The molecule has 1 aromatic carbocycles. The number of hydrogen-bond acceptors (Lipinski definition) is 5. The van der Waals surface area contributed by atoms with Gasteiger partial charge in [0.1, 0.15) is 0 Å². The number of nitro benzene ring substituents is 1. The Balaban J connectivity index is 2.00. The van der Waals surface area contributed by atoms with Crippen molar-refractivity contribution in [2.45, 2.75) is 25.4 Å². The van der Waals surface area contributed by atoms with E-state index < -0.39 is 4.92 Å². The molecule has 0 amide bonds. The van der Waals surface area contributed by atoms with Crippen LogP contribution in [0, 0.1) is 10.1 Å².